The summed E-state index contributed by atoms with van der Waals surface area (Å²) in [4.78, 5) is 12.8. The number of rotatable bonds is 5. The van der Waals surface area contributed by atoms with Crippen LogP contribution in [-0.4, -0.2) is 32.9 Å². The molecule has 31 heavy (non-hydrogen) atoms. The second-order valence-electron chi connectivity index (χ2n) is 7.58. The standard InChI is InChI=1S/C23H23ClN4O2S/c1-12-8-14(3)21-17(9-12)13(2)10-20-26-27-23(28(20)21)31-15(4)22(29)25-16-6-7-19(30-5)18(24)11-16/h6-11,15H,1-5H3,(H,25,29). The van der Waals surface area contributed by atoms with E-state index in [1.165, 1.54) is 17.3 Å². The van der Waals surface area contributed by atoms with Crippen LogP contribution in [0.1, 0.15) is 23.6 Å². The van der Waals surface area contributed by atoms with Gasteiger partial charge in [0.15, 0.2) is 10.8 Å². The molecular formula is C23H23ClN4O2S. The summed E-state index contributed by atoms with van der Waals surface area (Å²) >= 11 is 7.54. The van der Waals surface area contributed by atoms with Crippen molar-refractivity contribution in [3.8, 4) is 5.75 Å². The molecule has 2 aromatic heterocycles. The van der Waals surface area contributed by atoms with Crippen molar-refractivity contribution in [3.63, 3.8) is 0 Å². The molecule has 1 N–H and O–H groups in total. The molecule has 0 radical (unpaired) electrons. The number of hydrogen-bond donors (Lipinski definition) is 1. The highest BCUT2D eigenvalue weighted by Gasteiger charge is 2.20. The monoisotopic (exact) mass is 454 g/mol. The predicted molar refractivity (Wildman–Crippen MR) is 127 cm³/mol. The number of amides is 1. The number of anilines is 1. The summed E-state index contributed by atoms with van der Waals surface area (Å²) in [6.45, 7) is 8.11. The van der Waals surface area contributed by atoms with Gasteiger partial charge in [-0.05, 0) is 69.2 Å². The molecule has 4 rings (SSSR count). The molecule has 160 valence electrons. The maximum atomic E-state index is 12.8. The van der Waals surface area contributed by atoms with Crippen molar-refractivity contribution in [1.82, 2.24) is 14.6 Å². The highest BCUT2D eigenvalue weighted by molar-refractivity contribution is 8.00. The first-order valence-electron chi connectivity index (χ1n) is 9.85. The van der Waals surface area contributed by atoms with E-state index in [-0.39, 0.29) is 5.91 Å². The maximum Gasteiger partial charge on any atom is 0.237 e. The third-order valence-electron chi connectivity index (χ3n) is 5.17. The fraction of sp³-hybridized carbons (Fsp3) is 0.261. The number of pyridine rings is 1. The lowest BCUT2D eigenvalue weighted by Crippen LogP contribution is -2.22. The predicted octanol–water partition coefficient (Wildman–Crippen LogP) is 5.59. The number of halogens is 1. The third-order valence-corrected chi connectivity index (χ3v) is 6.51. The zero-order valence-corrected chi connectivity index (χ0v) is 19.6. The van der Waals surface area contributed by atoms with Crippen molar-refractivity contribution in [2.75, 3.05) is 12.4 Å². The number of nitrogens with one attached hydrogen (secondary N) is 1. The maximum absolute atomic E-state index is 12.8. The molecule has 0 aliphatic heterocycles. The van der Waals surface area contributed by atoms with Crippen LogP contribution in [-0.2, 0) is 4.79 Å². The van der Waals surface area contributed by atoms with Crippen LogP contribution in [0, 0.1) is 20.8 Å². The Morgan fingerprint density at radius 3 is 2.61 bits per heavy atom. The molecule has 0 saturated carbocycles. The van der Waals surface area contributed by atoms with Gasteiger partial charge in [0.2, 0.25) is 5.91 Å². The Labute approximate surface area is 190 Å². The first kappa shape index (κ1) is 21.5. The molecule has 2 aromatic carbocycles. The summed E-state index contributed by atoms with van der Waals surface area (Å²) in [5, 5.41) is 13.5. The Bertz CT molecular complexity index is 1320. The van der Waals surface area contributed by atoms with Crippen molar-refractivity contribution in [2.24, 2.45) is 0 Å². The molecule has 1 unspecified atom stereocenters. The van der Waals surface area contributed by atoms with E-state index in [0.29, 0.717) is 21.6 Å². The zero-order chi connectivity index (χ0) is 22.3. The highest BCUT2D eigenvalue weighted by Crippen LogP contribution is 2.31. The van der Waals surface area contributed by atoms with E-state index in [9.17, 15) is 4.79 Å². The largest absolute Gasteiger partial charge is 0.495 e. The Balaban J connectivity index is 1.64. The van der Waals surface area contributed by atoms with E-state index in [1.54, 1.807) is 25.3 Å². The van der Waals surface area contributed by atoms with Crippen LogP contribution in [0.25, 0.3) is 16.6 Å². The van der Waals surface area contributed by atoms with Gasteiger partial charge in [0.25, 0.3) is 0 Å². The van der Waals surface area contributed by atoms with Crippen LogP contribution >= 0.6 is 23.4 Å². The summed E-state index contributed by atoms with van der Waals surface area (Å²) in [5.41, 5.74) is 5.97. The average Bonchev–Trinajstić information content (AvgIpc) is 3.10. The van der Waals surface area contributed by atoms with Crippen LogP contribution in [0.3, 0.4) is 0 Å². The van der Waals surface area contributed by atoms with Gasteiger partial charge in [-0.2, -0.15) is 0 Å². The van der Waals surface area contributed by atoms with Crippen molar-refractivity contribution in [3.05, 3.63) is 58.1 Å². The van der Waals surface area contributed by atoms with Gasteiger partial charge in [0.05, 0.1) is 22.9 Å². The number of aromatic nitrogens is 3. The molecule has 4 aromatic rings. The minimum atomic E-state index is -0.393. The number of nitrogens with zero attached hydrogens (tertiary/aromatic N) is 3. The molecule has 0 spiro atoms. The topological polar surface area (TPSA) is 68.5 Å². The van der Waals surface area contributed by atoms with Crippen LogP contribution < -0.4 is 10.1 Å². The Morgan fingerprint density at radius 2 is 1.90 bits per heavy atom. The van der Waals surface area contributed by atoms with Gasteiger partial charge in [0, 0.05) is 11.1 Å². The molecule has 0 bridgehead atoms. The smallest absolute Gasteiger partial charge is 0.237 e. The van der Waals surface area contributed by atoms with Crippen LogP contribution in [0.2, 0.25) is 5.02 Å². The molecule has 0 aliphatic carbocycles. The summed E-state index contributed by atoms with van der Waals surface area (Å²) in [6.07, 6.45) is 0. The molecular weight excluding hydrogens is 432 g/mol. The zero-order valence-electron chi connectivity index (χ0n) is 18.0. The SMILES string of the molecule is COc1ccc(NC(=O)C(C)Sc2nnc3cc(C)c4cc(C)cc(C)c4n23)cc1Cl. The van der Waals surface area contributed by atoms with Gasteiger partial charge in [-0.25, -0.2) is 0 Å². The second-order valence-corrected chi connectivity index (χ2v) is 9.30. The van der Waals surface area contributed by atoms with Gasteiger partial charge in [-0.15, -0.1) is 10.2 Å². The number of aryl methyl sites for hydroxylation is 3. The highest BCUT2D eigenvalue weighted by atomic mass is 35.5. The van der Waals surface area contributed by atoms with Crippen molar-refractivity contribution < 1.29 is 9.53 Å². The number of thioether (sulfide) groups is 1. The number of hydrogen-bond acceptors (Lipinski definition) is 5. The number of ether oxygens (including phenoxy) is 1. The van der Waals surface area contributed by atoms with Crippen molar-refractivity contribution in [2.45, 2.75) is 38.1 Å². The van der Waals surface area contributed by atoms with Crippen molar-refractivity contribution >= 4 is 51.5 Å². The van der Waals surface area contributed by atoms with E-state index in [1.807, 2.05) is 17.4 Å². The Kier molecular flexibility index (Phi) is 5.81. The first-order valence-corrected chi connectivity index (χ1v) is 11.1. The molecule has 6 nitrogen and oxygen atoms in total. The lowest BCUT2D eigenvalue weighted by atomic mass is 10.0. The number of carbonyl (C=O) groups excluding carboxylic acids is 1. The molecule has 2 heterocycles. The summed E-state index contributed by atoms with van der Waals surface area (Å²) < 4.78 is 7.19. The summed E-state index contributed by atoms with van der Waals surface area (Å²) in [6, 6.07) is 11.5. The number of carbonyl (C=O) groups is 1. The van der Waals surface area contributed by atoms with E-state index in [2.05, 4.69) is 48.4 Å². The quantitative estimate of drug-likeness (QED) is 0.398. The normalized spacial score (nSPS) is 12.3. The third kappa shape index (κ3) is 4.07. The molecule has 0 saturated heterocycles. The molecule has 0 aliphatic rings. The fourth-order valence-corrected chi connectivity index (χ4v) is 4.81. The van der Waals surface area contributed by atoms with E-state index in [4.69, 9.17) is 16.3 Å². The van der Waals surface area contributed by atoms with Crippen LogP contribution in [0.5, 0.6) is 5.75 Å². The minimum Gasteiger partial charge on any atom is -0.495 e. The van der Waals surface area contributed by atoms with Gasteiger partial charge in [0.1, 0.15) is 5.75 Å². The van der Waals surface area contributed by atoms with Crippen molar-refractivity contribution in [1.29, 1.82) is 0 Å². The summed E-state index contributed by atoms with van der Waals surface area (Å²) in [7, 11) is 1.55. The number of benzene rings is 2. The second kappa shape index (κ2) is 8.40. The first-order chi connectivity index (χ1) is 14.8. The van der Waals surface area contributed by atoms with Gasteiger partial charge < -0.3 is 10.1 Å². The van der Waals surface area contributed by atoms with E-state index < -0.39 is 5.25 Å². The van der Waals surface area contributed by atoms with Gasteiger partial charge in [-0.1, -0.05) is 35.0 Å². The number of methoxy groups -OCH3 is 1. The fourth-order valence-electron chi connectivity index (χ4n) is 3.69. The summed E-state index contributed by atoms with van der Waals surface area (Å²) in [5.74, 6) is 0.414. The van der Waals surface area contributed by atoms with E-state index >= 15 is 0 Å². The molecule has 1 amide bonds. The van der Waals surface area contributed by atoms with Gasteiger partial charge >= 0.3 is 0 Å². The van der Waals surface area contributed by atoms with Crippen LogP contribution in [0.15, 0.2) is 41.6 Å². The van der Waals surface area contributed by atoms with Gasteiger partial charge in [-0.3, -0.25) is 9.20 Å². The lowest BCUT2D eigenvalue weighted by molar-refractivity contribution is -0.115. The molecule has 8 heteroatoms. The number of fused-ring (bicyclic) bond motifs is 3. The average molecular weight is 455 g/mol. The Hall–Kier alpha value is -2.77. The molecule has 1 atom stereocenters. The molecule has 0 fully saturated rings. The minimum absolute atomic E-state index is 0.146. The van der Waals surface area contributed by atoms with Crippen LogP contribution in [0.4, 0.5) is 5.69 Å². The van der Waals surface area contributed by atoms with E-state index in [0.717, 1.165) is 27.7 Å². The lowest BCUT2D eigenvalue weighted by Gasteiger charge is -2.14. The Morgan fingerprint density at radius 1 is 1.13 bits per heavy atom.